The molecule has 0 unspecified atom stereocenters. The second kappa shape index (κ2) is 4.83. The maximum atomic E-state index is 12.0. The van der Waals surface area contributed by atoms with Crippen LogP contribution in [0.15, 0.2) is 12.3 Å². The van der Waals surface area contributed by atoms with Crippen molar-refractivity contribution in [3.8, 4) is 0 Å². The Bertz CT molecular complexity index is 519. The van der Waals surface area contributed by atoms with Crippen LogP contribution in [0.3, 0.4) is 0 Å². The van der Waals surface area contributed by atoms with Gasteiger partial charge >= 0.3 is 12.0 Å². The van der Waals surface area contributed by atoms with Crippen molar-refractivity contribution in [1.29, 1.82) is 0 Å². The Morgan fingerprint density at radius 2 is 2.26 bits per heavy atom. The fraction of sp³-hybridized carbons (Fsp3) is 0.500. The van der Waals surface area contributed by atoms with Crippen molar-refractivity contribution in [2.24, 2.45) is 5.41 Å². The molecule has 7 nitrogen and oxygen atoms in total. The van der Waals surface area contributed by atoms with Crippen molar-refractivity contribution in [2.75, 3.05) is 18.4 Å². The van der Waals surface area contributed by atoms with Gasteiger partial charge in [-0.25, -0.2) is 14.8 Å². The summed E-state index contributed by atoms with van der Waals surface area (Å²) in [6, 6.07) is 1.26. The molecule has 1 aromatic rings. The molecule has 0 saturated carbocycles. The molecule has 1 atom stereocenters. The van der Waals surface area contributed by atoms with E-state index in [-0.39, 0.29) is 12.6 Å². The number of rotatable bonds is 2. The van der Waals surface area contributed by atoms with Crippen LogP contribution in [0.4, 0.5) is 10.6 Å². The Morgan fingerprint density at radius 3 is 2.84 bits per heavy atom. The third-order valence-corrected chi connectivity index (χ3v) is 3.29. The van der Waals surface area contributed by atoms with Gasteiger partial charge in [0.1, 0.15) is 11.6 Å². The van der Waals surface area contributed by atoms with Gasteiger partial charge in [0.2, 0.25) is 0 Å². The molecule has 0 aliphatic carbocycles. The number of carbonyl (C=O) groups is 2. The highest BCUT2D eigenvalue weighted by atomic mass is 16.4. The number of likely N-dealkylation sites (tertiary alicyclic amines) is 1. The summed E-state index contributed by atoms with van der Waals surface area (Å²) >= 11 is 0. The molecular weight excluding hydrogens is 248 g/mol. The van der Waals surface area contributed by atoms with Crippen molar-refractivity contribution < 1.29 is 14.7 Å². The van der Waals surface area contributed by atoms with E-state index in [0.717, 1.165) is 0 Å². The van der Waals surface area contributed by atoms with Crippen LogP contribution in [0.25, 0.3) is 0 Å². The summed E-state index contributed by atoms with van der Waals surface area (Å²) in [5.41, 5.74) is -0.862. The molecule has 102 valence electrons. The molecule has 1 aromatic heterocycles. The van der Waals surface area contributed by atoms with Gasteiger partial charge in [-0.15, -0.1) is 0 Å². The quantitative estimate of drug-likeness (QED) is 0.834. The third-order valence-electron chi connectivity index (χ3n) is 3.29. The lowest BCUT2D eigenvalue weighted by Crippen LogP contribution is -2.37. The van der Waals surface area contributed by atoms with Crippen LogP contribution in [-0.2, 0) is 4.79 Å². The van der Waals surface area contributed by atoms with E-state index < -0.39 is 11.4 Å². The summed E-state index contributed by atoms with van der Waals surface area (Å²) in [6.07, 6.45) is 2.02. The van der Waals surface area contributed by atoms with Crippen molar-refractivity contribution in [3.63, 3.8) is 0 Å². The zero-order chi connectivity index (χ0) is 14.0. The van der Waals surface area contributed by atoms with Crippen LogP contribution in [0.2, 0.25) is 0 Å². The number of nitrogens with one attached hydrogen (secondary N) is 1. The molecule has 1 aliphatic heterocycles. The maximum absolute atomic E-state index is 12.0. The molecule has 2 rings (SSSR count). The smallest absolute Gasteiger partial charge is 0.323 e. The van der Waals surface area contributed by atoms with E-state index in [4.69, 9.17) is 5.11 Å². The summed E-state index contributed by atoms with van der Waals surface area (Å²) in [7, 11) is 0. The zero-order valence-corrected chi connectivity index (χ0v) is 10.9. The minimum Gasteiger partial charge on any atom is -0.481 e. The average molecular weight is 264 g/mol. The Hall–Kier alpha value is -2.18. The number of aryl methyl sites for hydroxylation is 1. The van der Waals surface area contributed by atoms with Crippen LogP contribution in [0, 0.1) is 12.3 Å². The van der Waals surface area contributed by atoms with Gasteiger partial charge < -0.3 is 10.0 Å². The predicted molar refractivity (Wildman–Crippen MR) is 67.7 cm³/mol. The number of nitrogens with zero attached hydrogens (tertiary/aromatic N) is 3. The molecule has 0 radical (unpaired) electrons. The predicted octanol–water partition coefficient (Wildman–Crippen LogP) is 1.11. The highest BCUT2D eigenvalue weighted by Crippen LogP contribution is 2.30. The third kappa shape index (κ3) is 2.81. The molecule has 1 saturated heterocycles. The van der Waals surface area contributed by atoms with E-state index in [9.17, 15) is 9.59 Å². The van der Waals surface area contributed by atoms with Gasteiger partial charge in [-0.05, 0) is 26.3 Å². The monoisotopic (exact) mass is 264 g/mol. The lowest BCUT2D eigenvalue weighted by Gasteiger charge is -2.20. The molecule has 0 aromatic carbocycles. The number of hydrogen-bond donors (Lipinski definition) is 2. The SMILES string of the molecule is Cc1nccc(NC(=O)N2CC[C@](C)(C(=O)O)C2)n1. The van der Waals surface area contributed by atoms with Crippen molar-refractivity contribution >= 4 is 17.8 Å². The van der Waals surface area contributed by atoms with Gasteiger partial charge in [0.05, 0.1) is 5.41 Å². The summed E-state index contributed by atoms with van der Waals surface area (Å²) in [5, 5.41) is 11.8. The van der Waals surface area contributed by atoms with Gasteiger partial charge in [0.25, 0.3) is 0 Å². The number of carboxylic acids is 1. The molecule has 19 heavy (non-hydrogen) atoms. The molecule has 0 bridgehead atoms. The largest absolute Gasteiger partial charge is 0.481 e. The molecule has 1 fully saturated rings. The van der Waals surface area contributed by atoms with E-state index in [1.807, 2.05) is 0 Å². The van der Waals surface area contributed by atoms with Gasteiger partial charge in [0, 0.05) is 19.3 Å². The minimum atomic E-state index is -0.874. The van der Waals surface area contributed by atoms with Crippen LogP contribution in [0.5, 0.6) is 0 Å². The Labute approximate surface area is 110 Å². The number of anilines is 1. The van der Waals surface area contributed by atoms with Gasteiger partial charge in [-0.2, -0.15) is 0 Å². The summed E-state index contributed by atoms with van der Waals surface area (Å²) in [4.78, 5) is 32.6. The van der Waals surface area contributed by atoms with E-state index >= 15 is 0 Å². The van der Waals surface area contributed by atoms with Gasteiger partial charge in [-0.1, -0.05) is 0 Å². The summed E-state index contributed by atoms with van der Waals surface area (Å²) < 4.78 is 0. The van der Waals surface area contributed by atoms with Crippen LogP contribution in [-0.4, -0.2) is 45.1 Å². The highest BCUT2D eigenvalue weighted by molar-refractivity contribution is 5.89. The first kappa shape index (κ1) is 13.3. The second-order valence-corrected chi connectivity index (χ2v) is 4.96. The number of aromatic nitrogens is 2. The van der Waals surface area contributed by atoms with E-state index in [1.165, 1.54) is 4.90 Å². The van der Waals surface area contributed by atoms with Crippen LogP contribution < -0.4 is 5.32 Å². The number of carbonyl (C=O) groups excluding carboxylic acids is 1. The van der Waals surface area contributed by atoms with Crippen LogP contribution in [0.1, 0.15) is 19.2 Å². The van der Waals surface area contributed by atoms with Crippen molar-refractivity contribution in [3.05, 3.63) is 18.1 Å². The number of carboxylic acid groups (broad SMARTS) is 1. The number of hydrogen-bond acceptors (Lipinski definition) is 4. The molecule has 2 heterocycles. The molecule has 7 heteroatoms. The fourth-order valence-electron chi connectivity index (χ4n) is 2.02. The molecular formula is C12H16N4O3. The first-order chi connectivity index (χ1) is 8.90. The van der Waals surface area contributed by atoms with Crippen molar-refractivity contribution in [1.82, 2.24) is 14.9 Å². The topological polar surface area (TPSA) is 95.4 Å². The molecule has 0 spiro atoms. The van der Waals surface area contributed by atoms with E-state index in [1.54, 1.807) is 26.1 Å². The first-order valence-corrected chi connectivity index (χ1v) is 6.00. The van der Waals surface area contributed by atoms with E-state index in [0.29, 0.717) is 24.6 Å². The maximum Gasteiger partial charge on any atom is 0.323 e. The number of aliphatic carboxylic acids is 1. The Kier molecular flexibility index (Phi) is 3.37. The second-order valence-electron chi connectivity index (χ2n) is 4.96. The minimum absolute atomic E-state index is 0.207. The summed E-state index contributed by atoms with van der Waals surface area (Å²) in [5.74, 6) is 0.108. The summed E-state index contributed by atoms with van der Waals surface area (Å²) in [6.45, 7) is 4.02. The van der Waals surface area contributed by atoms with E-state index in [2.05, 4.69) is 15.3 Å². The standard InChI is InChI=1S/C12H16N4O3/c1-8-13-5-3-9(14-8)15-11(19)16-6-4-12(2,7-16)10(17)18/h3,5H,4,6-7H2,1-2H3,(H,17,18)(H,13,14,15,19)/t12-/m0/s1. The number of urea groups is 1. The zero-order valence-electron chi connectivity index (χ0n) is 10.9. The first-order valence-electron chi connectivity index (χ1n) is 6.00. The Morgan fingerprint density at radius 1 is 1.53 bits per heavy atom. The highest BCUT2D eigenvalue weighted by Gasteiger charge is 2.42. The lowest BCUT2D eigenvalue weighted by atomic mass is 9.90. The normalized spacial score (nSPS) is 22.3. The van der Waals surface area contributed by atoms with Crippen molar-refractivity contribution in [2.45, 2.75) is 20.3 Å². The molecule has 1 aliphatic rings. The van der Waals surface area contributed by atoms with Gasteiger partial charge in [0.15, 0.2) is 0 Å². The lowest BCUT2D eigenvalue weighted by molar-refractivity contribution is -0.146. The average Bonchev–Trinajstić information content (AvgIpc) is 2.73. The fourth-order valence-corrected chi connectivity index (χ4v) is 2.02. The Balaban J connectivity index is 2.01. The number of amides is 2. The van der Waals surface area contributed by atoms with Gasteiger partial charge in [-0.3, -0.25) is 10.1 Å². The molecule has 2 amide bonds. The molecule has 2 N–H and O–H groups in total. The van der Waals surface area contributed by atoms with Crippen LogP contribution >= 0.6 is 0 Å².